The van der Waals surface area contributed by atoms with Gasteiger partial charge in [0.25, 0.3) is 0 Å². The molecular weight excluding hydrogens is 306 g/mol. The largest absolute Gasteiger partial charge is 0.331 e. The van der Waals surface area contributed by atoms with Gasteiger partial charge in [-0.1, -0.05) is 29.8 Å². The van der Waals surface area contributed by atoms with E-state index in [1.807, 2.05) is 6.20 Å². The van der Waals surface area contributed by atoms with Gasteiger partial charge in [0.2, 0.25) is 0 Å². The molecule has 0 saturated carbocycles. The van der Waals surface area contributed by atoms with Gasteiger partial charge in [-0.15, -0.1) is 11.6 Å². The molecule has 0 spiro atoms. The molecule has 23 heavy (non-hydrogen) atoms. The van der Waals surface area contributed by atoms with Crippen molar-refractivity contribution >= 4 is 17.2 Å². The van der Waals surface area contributed by atoms with Gasteiger partial charge >= 0.3 is 0 Å². The number of benzene rings is 1. The first-order valence-electron chi connectivity index (χ1n) is 8.47. The Hall–Kier alpha value is -1.58. The molecule has 0 radical (unpaired) electrons. The van der Waals surface area contributed by atoms with E-state index in [4.69, 9.17) is 16.6 Å². The van der Waals surface area contributed by atoms with E-state index in [1.54, 1.807) is 5.57 Å². The molecule has 3 heterocycles. The number of piperidine rings is 1. The first-order valence-corrected chi connectivity index (χ1v) is 9.00. The maximum absolute atomic E-state index is 5.89. The van der Waals surface area contributed by atoms with Crippen LogP contribution in [0.25, 0.3) is 5.57 Å². The third-order valence-electron chi connectivity index (χ3n) is 5.06. The van der Waals surface area contributed by atoms with E-state index >= 15 is 0 Å². The van der Waals surface area contributed by atoms with Crippen molar-refractivity contribution in [2.75, 3.05) is 25.5 Å². The zero-order valence-electron chi connectivity index (χ0n) is 13.3. The Bertz CT molecular complexity index is 722. The molecule has 0 N–H and O–H groups in total. The van der Waals surface area contributed by atoms with Crippen LogP contribution in [0.2, 0.25) is 0 Å². The number of aromatic nitrogens is 2. The number of hydrogen-bond donors (Lipinski definition) is 0. The number of fused-ring (bicyclic) bond motifs is 2. The van der Waals surface area contributed by atoms with Crippen LogP contribution >= 0.6 is 11.6 Å². The maximum Gasteiger partial charge on any atom is 0.140 e. The topological polar surface area (TPSA) is 21.1 Å². The molecular formula is C19H22ClN3. The van der Waals surface area contributed by atoms with Crippen LogP contribution in [0.15, 0.2) is 42.2 Å². The van der Waals surface area contributed by atoms with Crippen LogP contribution < -0.4 is 0 Å². The summed E-state index contributed by atoms with van der Waals surface area (Å²) in [6.07, 6.45) is 7.37. The van der Waals surface area contributed by atoms with E-state index in [1.165, 1.54) is 16.7 Å². The molecule has 120 valence electrons. The average molecular weight is 328 g/mol. The van der Waals surface area contributed by atoms with Gasteiger partial charge in [-0.3, -0.25) is 0 Å². The lowest BCUT2D eigenvalue weighted by Crippen LogP contribution is -2.32. The van der Waals surface area contributed by atoms with Gasteiger partial charge in [-0.2, -0.15) is 0 Å². The quantitative estimate of drug-likeness (QED) is 0.786. The molecule has 2 aromatic rings. The fraction of sp³-hybridized carbons (Fsp3) is 0.421. The minimum absolute atomic E-state index is 0.721. The van der Waals surface area contributed by atoms with Gasteiger partial charge in [0.05, 0.1) is 0 Å². The predicted octanol–water partition coefficient (Wildman–Crippen LogP) is 3.58. The van der Waals surface area contributed by atoms with Gasteiger partial charge in [0.15, 0.2) is 0 Å². The summed E-state index contributed by atoms with van der Waals surface area (Å²) >= 11 is 5.89. The number of imidazole rings is 1. The Morgan fingerprint density at radius 1 is 1.04 bits per heavy atom. The molecule has 0 unspecified atom stereocenters. The third-order valence-corrected chi connectivity index (χ3v) is 5.23. The third kappa shape index (κ3) is 2.84. The van der Waals surface area contributed by atoms with Crippen LogP contribution in [0, 0.1) is 0 Å². The Morgan fingerprint density at radius 2 is 1.87 bits per heavy atom. The first-order chi connectivity index (χ1) is 11.4. The minimum atomic E-state index is 0.721. The van der Waals surface area contributed by atoms with Gasteiger partial charge in [0.1, 0.15) is 5.82 Å². The van der Waals surface area contributed by atoms with E-state index in [0.717, 1.165) is 57.1 Å². The molecule has 4 rings (SSSR count). The maximum atomic E-state index is 5.89. The second-order valence-corrected chi connectivity index (χ2v) is 6.74. The fourth-order valence-corrected chi connectivity index (χ4v) is 4.07. The average Bonchev–Trinajstić information content (AvgIpc) is 2.98. The summed E-state index contributed by atoms with van der Waals surface area (Å²) < 4.78 is 2.31. The van der Waals surface area contributed by atoms with Crippen molar-refractivity contribution in [1.82, 2.24) is 14.5 Å². The molecule has 0 aliphatic carbocycles. The summed E-state index contributed by atoms with van der Waals surface area (Å²) in [6.45, 7) is 4.22. The normalized spacial score (nSPS) is 18.5. The van der Waals surface area contributed by atoms with Crippen LogP contribution in [0.4, 0.5) is 0 Å². The number of aryl methyl sites for hydroxylation is 2. The first kappa shape index (κ1) is 15.0. The van der Waals surface area contributed by atoms with Gasteiger partial charge in [-0.25, -0.2) is 4.98 Å². The van der Waals surface area contributed by atoms with Gasteiger partial charge < -0.3 is 9.47 Å². The van der Waals surface area contributed by atoms with E-state index in [-0.39, 0.29) is 0 Å². The van der Waals surface area contributed by atoms with Gasteiger partial charge in [0, 0.05) is 50.0 Å². The van der Waals surface area contributed by atoms with Crippen molar-refractivity contribution in [2.45, 2.75) is 25.8 Å². The Morgan fingerprint density at radius 3 is 2.70 bits per heavy atom. The summed E-state index contributed by atoms with van der Waals surface area (Å²) in [7, 11) is 0. The highest BCUT2D eigenvalue weighted by Crippen LogP contribution is 2.35. The van der Waals surface area contributed by atoms with E-state index < -0.39 is 0 Å². The van der Waals surface area contributed by atoms with Crippen LogP contribution in [-0.4, -0.2) is 40.0 Å². The summed E-state index contributed by atoms with van der Waals surface area (Å²) in [5, 5.41) is 0. The standard InChI is InChI=1S/C19H22ClN3/c20-8-13-22-10-5-16(6-11-22)18-17-4-2-1-3-15(17)7-12-23-14-9-21-19(18)23/h1-4,9,14H,5-8,10-13H2. The van der Waals surface area contributed by atoms with Crippen molar-refractivity contribution < 1.29 is 0 Å². The lowest BCUT2D eigenvalue weighted by molar-refractivity contribution is 0.272. The van der Waals surface area contributed by atoms with Crippen molar-refractivity contribution in [3.05, 3.63) is 59.2 Å². The van der Waals surface area contributed by atoms with Crippen LogP contribution in [-0.2, 0) is 13.0 Å². The molecule has 2 aliphatic heterocycles. The zero-order chi connectivity index (χ0) is 15.6. The monoisotopic (exact) mass is 327 g/mol. The smallest absolute Gasteiger partial charge is 0.140 e. The number of nitrogens with zero attached hydrogens (tertiary/aromatic N) is 3. The molecule has 4 heteroatoms. The fourth-order valence-electron chi connectivity index (χ4n) is 3.83. The highest BCUT2D eigenvalue weighted by Gasteiger charge is 2.24. The molecule has 1 saturated heterocycles. The summed E-state index contributed by atoms with van der Waals surface area (Å²) in [5.74, 6) is 1.87. The number of rotatable bonds is 2. The van der Waals surface area contributed by atoms with E-state index in [2.05, 4.69) is 39.9 Å². The zero-order valence-corrected chi connectivity index (χ0v) is 14.1. The second-order valence-electron chi connectivity index (χ2n) is 6.36. The molecule has 0 amide bonds. The molecule has 1 aromatic heterocycles. The Labute approximate surface area is 142 Å². The number of halogens is 1. The minimum Gasteiger partial charge on any atom is -0.331 e. The lowest BCUT2D eigenvalue weighted by Gasteiger charge is -2.29. The Balaban J connectivity index is 1.78. The number of alkyl halides is 1. The number of likely N-dealkylation sites (tertiary alicyclic amines) is 1. The molecule has 0 bridgehead atoms. The van der Waals surface area contributed by atoms with E-state index in [9.17, 15) is 0 Å². The van der Waals surface area contributed by atoms with Gasteiger partial charge in [-0.05, 0) is 30.4 Å². The molecule has 1 aromatic carbocycles. The van der Waals surface area contributed by atoms with Crippen LogP contribution in [0.1, 0.15) is 29.8 Å². The second kappa shape index (κ2) is 6.50. The highest BCUT2D eigenvalue weighted by molar-refractivity contribution is 6.18. The highest BCUT2D eigenvalue weighted by atomic mass is 35.5. The van der Waals surface area contributed by atoms with Crippen molar-refractivity contribution in [2.24, 2.45) is 0 Å². The lowest BCUT2D eigenvalue weighted by atomic mass is 9.90. The van der Waals surface area contributed by atoms with Crippen LogP contribution in [0.3, 0.4) is 0 Å². The number of hydrogen-bond acceptors (Lipinski definition) is 2. The summed E-state index contributed by atoms with van der Waals surface area (Å²) in [4.78, 5) is 7.16. The van der Waals surface area contributed by atoms with E-state index in [0.29, 0.717) is 0 Å². The van der Waals surface area contributed by atoms with Crippen molar-refractivity contribution in [3.8, 4) is 0 Å². The summed E-state index contributed by atoms with van der Waals surface area (Å²) in [6, 6.07) is 8.84. The Kier molecular flexibility index (Phi) is 4.23. The predicted molar refractivity (Wildman–Crippen MR) is 94.8 cm³/mol. The molecule has 0 atom stereocenters. The SMILES string of the molecule is ClCCN1CCC(=C2c3ccccc3CCn3ccnc32)CC1. The molecule has 3 nitrogen and oxygen atoms in total. The molecule has 2 aliphatic rings. The van der Waals surface area contributed by atoms with Crippen LogP contribution in [0.5, 0.6) is 0 Å². The summed E-state index contributed by atoms with van der Waals surface area (Å²) in [5.41, 5.74) is 5.77. The van der Waals surface area contributed by atoms with Crippen molar-refractivity contribution in [3.63, 3.8) is 0 Å². The molecule has 1 fully saturated rings. The van der Waals surface area contributed by atoms with Crippen molar-refractivity contribution in [1.29, 1.82) is 0 Å².